The van der Waals surface area contributed by atoms with Gasteiger partial charge in [-0.15, -0.1) is 12.4 Å². The second-order valence-electron chi connectivity index (χ2n) is 11.6. The summed E-state index contributed by atoms with van der Waals surface area (Å²) in [5.41, 5.74) is 8.34. The van der Waals surface area contributed by atoms with Gasteiger partial charge in [-0.25, -0.2) is 29.5 Å². The predicted molar refractivity (Wildman–Crippen MR) is 200 cm³/mol. The van der Waals surface area contributed by atoms with Crippen LogP contribution < -0.4 is 5.73 Å². The van der Waals surface area contributed by atoms with Gasteiger partial charge in [-0.3, -0.25) is 0 Å². The molecule has 0 amide bonds. The van der Waals surface area contributed by atoms with Gasteiger partial charge in [0.25, 0.3) is 0 Å². The first-order valence-corrected chi connectivity index (χ1v) is 17.6. The molecular weight excluding hydrogens is 767 g/mol. The Morgan fingerprint density at radius 1 is 0.680 bits per heavy atom. The predicted octanol–water partition coefficient (Wildman–Crippen LogP) is 9.68. The minimum atomic E-state index is -0.436. The lowest BCUT2D eigenvalue weighted by atomic mass is 9.62. The zero-order valence-electron chi connectivity index (χ0n) is 27.4. The van der Waals surface area contributed by atoms with Crippen molar-refractivity contribution in [2.45, 2.75) is 69.7 Å². The molecule has 2 aliphatic carbocycles. The van der Waals surface area contributed by atoms with Crippen LogP contribution in [-0.2, 0) is 26.8 Å². The highest BCUT2D eigenvalue weighted by Gasteiger charge is 2.42. The van der Waals surface area contributed by atoms with E-state index in [0.717, 1.165) is 49.7 Å². The second kappa shape index (κ2) is 19.2. The summed E-state index contributed by atoms with van der Waals surface area (Å²) in [6.45, 7) is 4.16. The van der Waals surface area contributed by atoms with Crippen molar-refractivity contribution >= 4 is 82.4 Å². The summed E-state index contributed by atoms with van der Waals surface area (Å²) in [5.74, 6) is -0.163. The molecule has 268 valence electrons. The first-order valence-electron chi connectivity index (χ1n) is 15.7. The van der Waals surface area contributed by atoms with Gasteiger partial charge in [0.15, 0.2) is 0 Å². The number of carbonyl (C=O) groups is 2. The maximum atomic E-state index is 11.7. The number of ether oxygens (including phenoxy) is 2. The Bertz CT molecular complexity index is 1700. The monoisotopic (exact) mass is 801 g/mol. The summed E-state index contributed by atoms with van der Waals surface area (Å²) in [6, 6.07) is 11.1. The molecule has 2 aliphatic rings. The molecule has 15 heteroatoms. The van der Waals surface area contributed by atoms with Gasteiger partial charge < -0.3 is 15.2 Å². The van der Waals surface area contributed by atoms with Crippen LogP contribution in [0.2, 0.25) is 25.4 Å². The quantitative estimate of drug-likeness (QED) is 0.137. The lowest BCUT2D eigenvalue weighted by molar-refractivity contribution is 0.0515. The van der Waals surface area contributed by atoms with Crippen LogP contribution in [0.3, 0.4) is 0 Å². The van der Waals surface area contributed by atoms with Gasteiger partial charge in [0, 0.05) is 67.8 Å². The van der Waals surface area contributed by atoms with Crippen molar-refractivity contribution in [2.24, 2.45) is 5.73 Å². The Balaban J connectivity index is 0.000000220. The fourth-order valence-electron chi connectivity index (χ4n) is 5.60. The third-order valence-corrected chi connectivity index (χ3v) is 9.81. The van der Waals surface area contributed by atoms with Crippen molar-refractivity contribution in [3.05, 3.63) is 115 Å². The molecule has 0 aliphatic heterocycles. The number of halogens is 6. The zero-order chi connectivity index (χ0) is 35.6. The number of hydrogen-bond acceptors (Lipinski definition) is 9. The van der Waals surface area contributed by atoms with E-state index < -0.39 is 11.9 Å². The number of nitrogens with two attached hydrogens (primary N) is 1. The highest BCUT2D eigenvalue weighted by atomic mass is 35.5. The highest BCUT2D eigenvalue weighted by molar-refractivity contribution is 6.36. The number of aromatic nitrogens is 4. The maximum Gasteiger partial charge on any atom is 0.341 e. The maximum absolute atomic E-state index is 11.7. The van der Waals surface area contributed by atoms with E-state index in [4.69, 9.17) is 73.2 Å². The van der Waals surface area contributed by atoms with Gasteiger partial charge in [0.2, 0.25) is 5.28 Å². The zero-order valence-corrected chi connectivity index (χ0v) is 32.0. The molecule has 2 N–H and O–H groups in total. The molecule has 2 heterocycles. The van der Waals surface area contributed by atoms with E-state index in [0.29, 0.717) is 56.7 Å². The van der Waals surface area contributed by atoms with Gasteiger partial charge in [-0.2, -0.15) is 0 Å². The van der Waals surface area contributed by atoms with Crippen molar-refractivity contribution in [3.8, 4) is 0 Å². The smallest absolute Gasteiger partial charge is 0.341 e. The highest BCUT2D eigenvalue weighted by Crippen LogP contribution is 2.50. The summed E-state index contributed by atoms with van der Waals surface area (Å²) >= 11 is 30.4. The minimum absolute atomic E-state index is 0. The Morgan fingerprint density at radius 3 is 1.44 bits per heavy atom. The molecule has 50 heavy (non-hydrogen) atoms. The number of carbonyl (C=O) groups excluding carboxylic acids is 2. The van der Waals surface area contributed by atoms with E-state index in [1.807, 2.05) is 36.4 Å². The number of esters is 2. The summed E-state index contributed by atoms with van der Waals surface area (Å²) in [4.78, 5) is 38.6. The summed E-state index contributed by atoms with van der Waals surface area (Å²) in [7, 11) is 0. The van der Waals surface area contributed by atoms with Crippen LogP contribution in [0, 0.1) is 0 Å². The van der Waals surface area contributed by atoms with E-state index in [1.165, 1.54) is 24.8 Å². The van der Waals surface area contributed by atoms with E-state index in [-0.39, 0.29) is 28.6 Å². The number of nitrogens with zero attached hydrogens (tertiary/aromatic N) is 4. The Kier molecular flexibility index (Phi) is 16.0. The van der Waals surface area contributed by atoms with E-state index in [1.54, 1.807) is 13.8 Å². The normalized spacial score (nSPS) is 14.9. The second-order valence-corrected chi connectivity index (χ2v) is 13.6. The van der Waals surface area contributed by atoms with Crippen LogP contribution in [-0.4, -0.2) is 45.1 Å². The van der Waals surface area contributed by atoms with Crippen LogP contribution in [0.15, 0.2) is 61.2 Å². The Labute approximate surface area is 323 Å². The lowest BCUT2D eigenvalue weighted by Crippen LogP contribution is -2.43. The molecule has 2 aromatic carbocycles. The Hall–Kier alpha value is -2.76. The van der Waals surface area contributed by atoms with E-state index >= 15 is 0 Å². The first-order chi connectivity index (χ1) is 23.4. The third kappa shape index (κ3) is 10.4. The van der Waals surface area contributed by atoms with Crippen LogP contribution >= 0.6 is 70.4 Å². The molecule has 0 radical (unpaired) electrons. The van der Waals surface area contributed by atoms with Crippen LogP contribution in [0.4, 0.5) is 0 Å². The van der Waals surface area contributed by atoms with Crippen LogP contribution in [0.5, 0.6) is 0 Å². The van der Waals surface area contributed by atoms with Crippen LogP contribution in [0.1, 0.15) is 90.0 Å². The van der Waals surface area contributed by atoms with Gasteiger partial charge in [0.05, 0.1) is 24.3 Å². The third-order valence-electron chi connectivity index (χ3n) is 8.35. The number of benzene rings is 2. The van der Waals surface area contributed by atoms with E-state index in [2.05, 4.69) is 19.9 Å². The molecule has 0 spiro atoms. The standard InChI is InChI=1S/C18H18Cl2N2O2.C10H11Cl2N.C7H7ClN2O2.ClH/c1-2-24-17(23)12-10-21-15(22-11-12)9-18(7-4-8-18)16-13(19)5-3-6-14(16)20;11-7-3-1-4-8(12)9(7)10(13)5-2-6-10;1-2-12-6(11)5-3-9-7(8)10-4-5;/h3,5-6,10-11H,2,4,7-9H2,1H3;1,3-4H,2,5-6,13H2;3-4H,2H2,1H3;1H. The first kappa shape index (κ1) is 41.7. The molecular formula is C35H37Cl6N5O4. The average Bonchev–Trinajstić information content (AvgIpc) is 3.04. The minimum Gasteiger partial charge on any atom is -0.462 e. The molecule has 4 aromatic rings. The largest absolute Gasteiger partial charge is 0.462 e. The number of hydrogen-bond donors (Lipinski definition) is 1. The molecule has 0 atom stereocenters. The molecule has 6 rings (SSSR count). The molecule has 0 unspecified atom stereocenters. The van der Waals surface area contributed by atoms with Crippen molar-refractivity contribution in [1.82, 2.24) is 19.9 Å². The SMILES string of the molecule is CCOC(=O)c1cnc(CC2(c3c(Cl)cccc3Cl)CCC2)nc1.CCOC(=O)c1cnc(Cl)nc1.Cl.NC1(c2c(Cl)cccc2Cl)CCC1. The molecule has 2 saturated carbocycles. The van der Waals surface area contributed by atoms with Crippen LogP contribution in [0.25, 0.3) is 0 Å². The topological polar surface area (TPSA) is 130 Å². The van der Waals surface area contributed by atoms with Crippen molar-refractivity contribution in [2.75, 3.05) is 13.2 Å². The fraction of sp³-hybridized carbons (Fsp3) is 0.371. The van der Waals surface area contributed by atoms with Crippen molar-refractivity contribution in [3.63, 3.8) is 0 Å². The lowest BCUT2D eigenvalue weighted by Gasteiger charge is -2.43. The summed E-state index contributed by atoms with van der Waals surface area (Å²) < 4.78 is 9.65. The molecule has 0 saturated heterocycles. The average molecular weight is 804 g/mol. The van der Waals surface area contributed by atoms with E-state index in [9.17, 15) is 9.59 Å². The molecule has 2 aromatic heterocycles. The molecule has 2 fully saturated rings. The van der Waals surface area contributed by atoms with Gasteiger partial charge in [-0.05, 0) is 87.4 Å². The summed E-state index contributed by atoms with van der Waals surface area (Å²) in [6.07, 6.45) is 12.6. The van der Waals surface area contributed by atoms with Gasteiger partial charge >= 0.3 is 11.9 Å². The molecule has 9 nitrogen and oxygen atoms in total. The van der Waals surface area contributed by atoms with Crippen molar-refractivity contribution < 1.29 is 19.1 Å². The fourth-order valence-corrected chi connectivity index (χ4v) is 7.27. The van der Waals surface area contributed by atoms with Crippen molar-refractivity contribution in [1.29, 1.82) is 0 Å². The Morgan fingerprint density at radius 2 is 1.08 bits per heavy atom. The summed E-state index contributed by atoms with van der Waals surface area (Å²) in [5, 5.41) is 2.86. The van der Waals surface area contributed by atoms with Gasteiger partial charge in [-0.1, -0.05) is 65.0 Å². The number of rotatable bonds is 8. The molecule has 0 bridgehead atoms. The van der Waals surface area contributed by atoms with Gasteiger partial charge in [0.1, 0.15) is 5.82 Å².